The first-order valence-electron chi connectivity index (χ1n) is 6.20. The minimum absolute atomic E-state index is 0.0586. The van der Waals surface area contributed by atoms with Crippen LogP contribution in [0.2, 0.25) is 5.02 Å². The predicted octanol–water partition coefficient (Wildman–Crippen LogP) is 3.17. The van der Waals surface area contributed by atoms with Crippen LogP contribution < -0.4 is 4.74 Å². The Hall–Kier alpha value is -1.88. The molecule has 5 nitrogen and oxygen atoms in total. The topological polar surface area (TPSA) is 65.2 Å². The van der Waals surface area contributed by atoms with Crippen LogP contribution in [0.3, 0.4) is 0 Å². The lowest BCUT2D eigenvalue weighted by atomic mass is 10.1. The zero-order valence-electron chi connectivity index (χ0n) is 11.5. The van der Waals surface area contributed by atoms with Crippen LogP contribution in [0.4, 0.5) is 0 Å². The number of hydrogen-bond donors (Lipinski definition) is 0. The summed E-state index contributed by atoms with van der Waals surface area (Å²) in [5.41, 5.74) is 0.670. The molecule has 0 aliphatic rings. The lowest BCUT2D eigenvalue weighted by molar-refractivity contribution is -0.121. The average Bonchev–Trinajstić information content (AvgIpc) is 2.86. The number of methoxy groups -OCH3 is 1. The van der Waals surface area contributed by atoms with E-state index in [0.29, 0.717) is 28.1 Å². The summed E-state index contributed by atoms with van der Waals surface area (Å²) in [4.78, 5) is 15.9. The molecular weight excluding hydrogens is 280 g/mol. The first-order valence-corrected chi connectivity index (χ1v) is 6.58. The van der Waals surface area contributed by atoms with Crippen molar-refractivity contribution >= 4 is 17.4 Å². The summed E-state index contributed by atoms with van der Waals surface area (Å²) < 4.78 is 10.3. The standard InChI is InChI=1S/C14H15ClN2O3/c1-8(2)11(18)7-13-16-14(17-20-13)10-5-4-9(15)6-12(10)19-3/h4-6,8H,7H2,1-3H3. The van der Waals surface area contributed by atoms with Gasteiger partial charge in [-0.1, -0.05) is 30.6 Å². The van der Waals surface area contributed by atoms with Crippen LogP contribution >= 0.6 is 11.6 Å². The molecule has 6 heteroatoms. The molecule has 0 N–H and O–H groups in total. The van der Waals surface area contributed by atoms with E-state index < -0.39 is 0 Å². The predicted molar refractivity (Wildman–Crippen MR) is 74.8 cm³/mol. The molecule has 0 bridgehead atoms. The molecule has 1 heterocycles. The van der Waals surface area contributed by atoms with Crippen LogP contribution in [0.25, 0.3) is 11.4 Å². The molecule has 0 radical (unpaired) electrons. The number of aromatic nitrogens is 2. The maximum atomic E-state index is 11.7. The van der Waals surface area contributed by atoms with Crippen molar-refractivity contribution < 1.29 is 14.1 Å². The summed E-state index contributed by atoms with van der Waals surface area (Å²) in [6, 6.07) is 5.14. The first-order chi connectivity index (χ1) is 9.51. The van der Waals surface area contributed by atoms with E-state index in [1.54, 1.807) is 25.3 Å². The SMILES string of the molecule is COc1cc(Cl)ccc1-c1noc(CC(=O)C(C)C)n1. The molecule has 20 heavy (non-hydrogen) atoms. The van der Waals surface area contributed by atoms with Crippen molar-refractivity contribution in [3.63, 3.8) is 0 Å². The number of ketones is 1. The fourth-order valence-corrected chi connectivity index (χ4v) is 1.80. The maximum absolute atomic E-state index is 11.7. The van der Waals surface area contributed by atoms with E-state index in [2.05, 4.69) is 10.1 Å². The lowest BCUT2D eigenvalue weighted by Crippen LogP contribution is -2.10. The van der Waals surface area contributed by atoms with Gasteiger partial charge in [0, 0.05) is 10.9 Å². The van der Waals surface area contributed by atoms with Crippen LogP contribution in [0.15, 0.2) is 22.7 Å². The largest absolute Gasteiger partial charge is 0.496 e. The molecule has 2 rings (SSSR count). The minimum atomic E-state index is -0.0598. The van der Waals surface area contributed by atoms with Gasteiger partial charge < -0.3 is 9.26 Å². The van der Waals surface area contributed by atoms with Gasteiger partial charge in [0.15, 0.2) is 0 Å². The molecule has 0 aliphatic heterocycles. The Morgan fingerprint density at radius 1 is 1.45 bits per heavy atom. The van der Waals surface area contributed by atoms with Crippen molar-refractivity contribution in [3.8, 4) is 17.1 Å². The zero-order chi connectivity index (χ0) is 14.7. The molecule has 0 saturated carbocycles. The van der Waals surface area contributed by atoms with Crippen LogP contribution in [-0.4, -0.2) is 23.0 Å². The van der Waals surface area contributed by atoms with E-state index >= 15 is 0 Å². The molecule has 0 atom stereocenters. The van der Waals surface area contributed by atoms with E-state index in [1.807, 2.05) is 13.8 Å². The smallest absolute Gasteiger partial charge is 0.234 e. The Kier molecular flexibility index (Phi) is 4.39. The summed E-state index contributed by atoms with van der Waals surface area (Å²) >= 11 is 5.90. The van der Waals surface area contributed by atoms with Gasteiger partial charge in [-0.05, 0) is 18.2 Å². The lowest BCUT2D eigenvalue weighted by Gasteiger charge is -2.04. The van der Waals surface area contributed by atoms with Crippen molar-refractivity contribution in [3.05, 3.63) is 29.1 Å². The third-order valence-corrected chi connectivity index (χ3v) is 3.08. The van der Waals surface area contributed by atoms with Gasteiger partial charge in [-0.2, -0.15) is 4.98 Å². The molecular formula is C14H15ClN2O3. The number of hydrogen-bond acceptors (Lipinski definition) is 5. The van der Waals surface area contributed by atoms with Gasteiger partial charge in [0.2, 0.25) is 11.7 Å². The van der Waals surface area contributed by atoms with Gasteiger partial charge in [0.25, 0.3) is 0 Å². The third kappa shape index (κ3) is 3.17. The second kappa shape index (κ2) is 6.05. The van der Waals surface area contributed by atoms with Gasteiger partial charge in [-0.25, -0.2) is 0 Å². The van der Waals surface area contributed by atoms with E-state index in [1.165, 1.54) is 0 Å². The van der Waals surface area contributed by atoms with Gasteiger partial charge in [0.05, 0.1) is 19.1 Å². The molecule has 106 valence electrons. The first kappa shape index (κ1) is 14.5. The van der Waals surface area contributed by atoms with E-state index in [4.69, 9.17) is 20.9 Å². The molecule has 1 aromatic heterocycles. The van der Waals surface area contributed by atoms with Crippen molar-refractivity contribution in [2.75, 3.05) is 7.11 Å². The van der Waals surface area contributed by atoms with Crippen molar-refractivity contribution in [1.29, 1.82) is 0 Å². The molecule has 0 aliphatic carbocycles. The highest BCUT2D eigenvalue weighted by Gasteiger charge is 2.17. The van der Waals surface area contributed by atoms with Crippen LogP contribution in [-0.2, 0) is 11.2 Å². The summed E-state index contributed by atoms with van der Waals surface area (Å²) in [5, 5.41) is 4.44. The highest BCUT2D eigenvalue weighted by Crippen LogP contribution is 2.30. The fourth-order valence-electron chi connectivity index (χ4n) is 1.64. The normalized spacial score (nSPS) is 10.8. The molecule has 0 spiro atoms. The van der Waals surface area contributed by atoms with Gasteiger partial charge >= 0.3 is 0 Å². The highest BCUT2D eigenvalue weighted by molar-refractivity contribution is 6.30. The van der Waals surface area contributed by atoms with Gasteiger partial charge in [-0.3, -0.25) is 4.79 Å². The Morgan fingerprint density at radius 3 is 2.85 bits per heavy atom. The van der Waals surface area contributed by atoms with Gasteiger partial charge in [0.1, 0.15) is 11.5 Å². The van der Waals surface area contributed by atoms with E-state index in [-0.39, 0.29) is 18.1 Å². The average molecular weight is 295 g/mol. The van der Waals surface area contributed by atoms with E-state index in [0.717, 1.165) is 0 Å². The van der Waals surface area contributed by atoms with E-state index in [9.17, 15) is 4.79 Å². The second-order valence-corrected chi connectivity index (χ2v) is 5.09. The highest BCUT2D eigenvalue weighted by atomic mass is 35.5. The summed E-state index contributed by atoms with van der Waals surface area (Å²) in [7, 11) is 1.54. The van der Waals surface area contributed by atoms with Crippen molar-refractivity contribution in [1.82, 2.24) is 10.1 Å². The summed E-state index contributed by atoms with van der Waals surface area (Å²) in [6.45, 7) is 3.67. The number of carbonyl (C=O) groups excluding carboxylic acids is 1. The Labute approximate surface area is 121 Å². The zero-order valence-corrected chi connectivity index (χ0v) is 12.3. The molecule has 2 aromatic rings. The molecule has 0 amide bonds. The maximum Gasteiger partial charge on any atom is 0.234 e. The van der Waals surface area contributed by atoms with Crippen LogP contribution in [0, 0.1) is 5.92 Å². The van der Waals surface area contributed by atoms with Crippen LogP contribution in [0.5, 0.6) is 5.75 Å². The molecule has 0 unspecified atom stereocenters. The number of rotatable bonds is 5. The molecule has 0 fully saturated rings. The molecule has 1 aromatic carbocycles. The number of benzene rings is 1. The Bertz CT molecular complexity index is 623. The summed E-state index contributed by atoms with van der Waals surface area (Å²) in [5.74, 6) is 1.24. The number of carbonyl (C=O) groups is 1. The van der Waals surface area contributed by atoms with Gasteiger partial charge in [-0.15, -0.1) is 0 Å². The van der Waals surface area contributed by atoms with Crippen LogP contribution in [0.1, 0.15) is 19.7 Å². The number of nitrogens with zero attached hydrogens (tertiary/aromatic N) is 2. The minimum Gasteiger partial charge on any atom is -0.496 e. The number of halogens is 1. The summed E-state index contributed by atoms with van der Waals surface area (Å²) in [6.07, 6.45) is 0.139. The Morgan fingerprint density at radius 2 is 2.20 bits per heavy atom. The molecule has 0 saturated heterocycles. The second-order valence-electron chi connectivity index (χ2n) is 4.65. The fraction of sp³-hybridized carbons (Fsp3) is 0.357. The van der Waals surface area contributed by atoms with Crippen molar-refractivity contribution in [2.24, 2.45) is 5.92 Å². The quantitative estimate of drug-likeness (QED) is 0.847. The number of Topliss-reactive ketones (excluding diaryl/α,β-unsaturated/α-hetero) is 1. The number of ether oxygens (including phenoxy) is 1. The Balaban J connectivity index is 2.27. The monoisotopic (exact) mass is 294 g/mol. The van der Waals surface area contributed by atoms with Crippen molar-refractivity contribution in [2.45, 2.75) is 20.3 Å². The third-order valence-electron chi connectivity index (χ3n) is 2.84.